The fourth-order valence-electron chi connectivity index (χ4n) is 5.21. The average Bonchev–Trinajstić information content (AvgIpc) is 2.85. The number of rotatable bonds is 4. The number of nitrogen functional groups attached to an aromatic ring is 1. The van der Waals surface area contributed by atoms with Crippen molar-refractivity contribution in [2.45, 2.75) is 37.7 Å². The lowest BCUT2D eigenvalue weighted by molar-refractivity contribution is 0.0507. The largest absolute Gasteiger partial charge is 0.478 e. The molecule has 0 fully saturated rings. The molecular weight excluding hydrogens is 440 g/mol. The number of fused-ring (bicyclic) bond motifs is 2. The van der Waals surface area contributed by atoms with E-state index in [2.05, 4.69) is 18.8 Å². The fourth-order valence-corrected chi connectivity index (χ4v) is 5.21. The number of carbonyl (C=O) groups is 2. The maximum absolute atomic E-state index is 13.5. The molecule has 176 valence electrons. The summed E-state index contributed by atoms with van der Waals surface area (Å²) in [4.78, 5) is 29.4. The van der Waals surface area contributed by atoms with Crippen LogP contribution in [-0.2, 0) is 11.0 Å². The van der Waals surface area contributed by atoms with Gasteiger partial charge < -0.3 is 15.9 Å². The van der Waals surface area contributed by atoms with Gasteiger partial charge in [0.1, 0.15) is 5.60 Å². The van der Waals surface area contributed by atoms with Gasteiger partial charge in [0.2, 0.25) is 0 Å². The standard InChI is InChI=1S/C29H26N2O4/c1-28(2)12-13-29(35,24-16-31-15-18-6-3-4-7-19(18)24)23-14-17(10-11-22(23)28)26(32)20-8-5-9-21(25(20)30)27(33)34/h3-11,14-16,35H,12-13,30H2,1-2H3,(H,33,34). The monoisotopic (exact) mass is 466 g/mol. The number of carboxylic acids is 1. The third-order valence-corrected chi connectivity index (χ3v) is 7.26. The van der Waals surface area contributed by atoms with Gasteiger partial charge in [0.15, 0.2) is 5.78 Å². The van der Waals surface area contributed by atoms with Crippen LogP contribution in [0.4, 0.5) is 5.69 Å². The molecule has 1 aliphatic rings. The second-order valence-corrected chi connectivity index (χ2v) is 9.81. The highest BCUT2D eigenvalue weighted by molar-refractivity contribution is 6.14. The summed E-state index contributed by atoms with van der Waals surface area (Å²) in [6, 6.07) is 17.5. The molecule has 6 heteroatoms. The smallest absolute Gasteiger partial charge is 0.337 e. The molecule has 1 heterocycles. The van der Waals surface area contributed by atoms with Gasteiger partial charge >= 0.3 is 5.97 Å². The van der Waals surface area contributed by atoms with Crippen molar-refractivity contribution < 1.29 is 19.8 Å². The lowest BCUT2D eigenvalue weighted by Gasteiger charge is -2.43. The number of nitrogens with two attached hydrogens (primary N) is 1. The predicted molar refractivity (Wildman–Crippen MR) is 135 cm³/mol. The lowest BCUT2D eigenvalue weighted by Crippen LogP contribution is -2.39. The number of aromatic nitrogens is 1. The maximum atomic E-state index is 13.5. The van der Waals surface area contributed by atoms with Crippen molar-refractivity contribution in [1.29, 1.82) is 0 Å². The normalized spacial score (nSPS) is 18.7. The first-order valence-corrected chi connectivity index (χ1v) is 11.5. The second kappa shape index (κ2) is 8.03. The number of nitrogens with zero attached hydrogens (tertiary/aromatic N) is 1. The number of carboxylic acid groups (broad SMARTS) is 1. The number of aromatic carboxylic acids is 1. The van der Waals surface area contributed by atoms with E-state index in [-0.39, 0.29) is 22.2 Å². The Kier molecular flexibility index (Phi) is 5.22. The first kappa shape index (κ1) is 22.7. The Balaban J connectivity index is 1.71. The van der Waals surface area contributed by atoms with Crippen LogP contribution < -0.4 is 5.73 Å². The van der Waals surface area contributed by atoms with Gasteiger partial charge in [0.25, 0.3) is 0 Å². The van der Waals surface area contributed by atoms with Crippen molar-refractivity contribution in [3.63, 3.8) is 0 Å². The van der Waals surface area contributed by atoms with Crippen LogP contribution in [0.3, 0.4) is 0 Å². The van der Waals surface area contributed by atoms with E-state index >= 15 is 0 Å². The quantitative estimate of drug-likeness (QED) is 0.286. The van der Waals surface area contributed by atoms with Crippen LogP contribution in [0.15, 0.2) is 73.1 Å². The molecule has 0 saturated carbocycles. The van der Waals surface area contributed by atoms with Crippen LogP contribution in [-0.4, -0.2) is 26.9 Å². The van der Waals surface area contributed by atoms with Crippen LogP contribution in [0, 0.1) is 0 Å². The maximum Gasteiger partial charge on any atom is 0.337 e. The minimum Gasteiger partial charge on any atom is -0.478 e. The number of pyridine rings is 1. The Morgan fingerprint density at radius 3 is 2.40 bits per heavy atom. The first-order chi connectivity index (χ1) is 16.6. The Bertz CT molecular complexity index is 1500. The highest BCUT2D eigenvalue weighted by Gasteiger charge is 2.44. The van der Waals surface area contributed by atoms with Crippen molar-refractivity contribution in [2.75, 3.05) is 5.73 Å². The van der Waals surface area contributed by atoms with E-state index in [1.807, 2.05) is 30.3 Å². The van der Waals surface area contributed by atoms with Crippen LogP contribution in [0.25, 0.3) is 10.8 Å². The summed E-state index contributed by atoms with van der Waals surface area (Å²) >= 11 is 0. The van der Waals surface area contributed by atoms with E-state index in [1.54, 1.807) is 24.5 Å². The van der Waals surface area contributed by atoms with Gasteiger partial charge in [0, 0.05) is 34.5 Å². The molecule has 0 bridgehead atoms. The van der Waals surface area contributed by atoms with Crippen molar-refractivity contribution in [3.05, 3.63) is 106 Å². The van der Waals surface area contributed by atoms with E-state index < -0.39 is 17.4 Å². The van der Waals surface area contributed by atoms with Crippen molar-refractivity contribution >= 4 is 28.2 Å². The molecule has 1 unspecified atom stereocenters. The summed E-state index contributed by atoms with van der Waals surface area (Å²) in [6.07, 6.45) is 4.69. The number of carbonyl (C=O) groups excluding carboxylic acids is 1. The Hall–Kier alpha value is -4.03. The number of aliphatic hydroxyl groups is 1. The molecule has 0 radical (unpaired) electrons. The Labute approximate surface area is 203 Å². The molecule has 4 N–H and O–H groups in total. The van der Waals surface area contributed by atoms with E-state index in [9.17, 15) is 19.8 Å². The Morgan fingerprint density at radius 2 is 1.63 bits per heavy atom. The number of hydrogen-bond acceptors (Lipinski definition) is 5. The molecule has 1 atom stereocenters. The Morgan fingerprint density at radius 1 is 0.886 bits per heavy atom. The van der Waals surface area contributed by atoms with E-state index in [1.165, 1.54) is 18.2 Å². The van der Waals surface area contributed by atoms with E-state index in [4.69, 9.17) is 5.73 Å². The molecule has 0 aliphatic heterocycles. The first-order valence-electron chi connectivity index (χ1n) is 11.5. The average molecular weight is 467 g/mol. The summed E-state index contributed by atoms with van der Waals surface area (Å²) in [5.74, 6) is -1.59. The predicted octanol–water partition coefficient (Wildman–Crippen LogP) is 5.05. The van der Waals surface area contributed by atoms with Crippen molar-refractivity contribution in [2.24, 2.45) is 0 Å². The molecular formula is C29H26N2O4. The van der Waals surface area contributed by atoms with Crippen LogP contribution >= 0.6 is 0 Å². The van der Waals surface area contributed by atoms with Gasteiger partial charge in [-0.2, -0.15) is 0 Å². The number of para-hydroxylation sites is 1. The second-order valence-electron chi connectivity index (χ2n) is 9.81. The van der Waals surface area contributed by atoms with Crippen LogP contribution in [0.5, 0.6) is 0 Å². The summed E-state index contributed by atoms with van der Waals surface area (Å²) in [5.41, 5.74) is 7.09. The summed E-state index contributed by atoms with van der Waals surface area (Å²) in [7, 11) is 0. The zero-order chi connectivity index (χ0) is 25.0. The molecule has 6 nitrogen and oxygen atoms in total. The van der Waals surface area contributed by atoms with E-state index in [0.29, 0.717) is 23.1 Å². The number of hydrogen-bond donors (Lipinski definition) is 3. The minimum atomic E-state index is -1.34. The molecule has 4 aromatic rings. The zero-order valence-corrected chi connectivity index (χ0v) is 19.6. The van der Waals surface area contributed by atoms with Gasteiger partial charge in [-0.15, -0.1) is 0 Å². The lowest BCUT2D eigenvalue weighted by atomic mass is 9.64. The topological polar surface area (TPSA) is 114 Å². The number of benzene rings is 3. The summed E-state index contributed by atoms with van der Waals surface area (Å²) in [5, 5.41) is 23.5. The highest BCUT2D eigenvalue weighted by Crippen LogP contribution is 2.49. The third-order valence-electron chi connectivity index (χ3n) is 7.26. The third kappa shape index (κ3) is 3.58. The van der Waals surface area contributed by atoms with Crippen molar-refractivity contribution in [1.82, 2.24) is 4.98 Å². The summed E-state index contributed by atoms with van der Waals surface area (Å²) in [6.45, 7) is 4.26. The number of ketones is 1. The van der Waals surface area contributed by atoms with Gasteiger partial charge in [0.05, 0.1) is 11.3 Å². The van der Waals surface area contributed by atoms with Gasteiger partial charge in [-0.25, -0.2) is 4.79 Å². The van der Waals surface area contributed by atoms with Crippen molar-refractivity contribution in [3.8, 4) is 0 Å². The minimum absolute atomic E-state index is 0.0726. The molecule has 0 saturated heterocycles. The molecule has 0 spiro atoms. The highest BCUT2D eigenvalue weighted by atomic mass is 16.4. The van der Waals surface area contributed by atoms with Crippen LogP contribution in [0.2, 0.25) is 0 Å². The van der Waals surface area contributed by atoms with Gasteiger partial charge in [-0.05, 0) is 53.0 Å². The van der Waals surface area contributed by atoms with Gasteiger partial charge in [-0.3, -0.25) is 9.78 Å². The molecule has 3 aromatic carbocycles. The SMILES string of the molecule is CC1(C)CCC(O)(c2cncc3ccccc23)c2cc(C(=O)c3cccc(C(=O)O)c3N)ccc21. The molecule has 35 heavy (non-hydrogen) atoms. The molecule has 1 aromatic heterocycles. The van der Waals surface area contributed by atoms with E-state index in [0.717, 1.165) is 22.8 Å². The summed E-state index contributed by atoms with van der Waals surface area (Å²) < 4.78 is 0. The number of anilines is 1. The molecule has 1 aliphatic carbocycles. The fraction of sp³-hybridized carbons (Fsp3) is 0.207. The molecule has 0 amide bonds. The molecule has 5 rings (SSSR count). The van der Waals surface area contributed by atoms with Gasteiger partial charge in [-0.1, -0.05) is 56.3 Å². The van der Waals surface area contributed by atoms with Crippen LogP contribution in [0.1, 0.15) is 69.7 Å². The zero-order valence-electron chi connectivity index (χ0n) is 19.6.